The van der Waals surface area contributed by atoms with E-state index in [0.717, 1.165) is 25.1 Å². The van der Waals surface area contributed by atoms with E-state index in [1.54, 1.807) is 6.07 Å². The van der Waals surface area contributed by atoms with Crippen LogP contribution in [0.4, 0.5) is 0 Å². The van der Waals surface area contributed by atoms with E-state index in [2.05, 4.69) is 10.1 Å². The summed E-state index contributed by atoms with van der Waals surface area (Å²) in [5.74, 6) is -1.11. The second kappa shape index (κ2) is 4.22. The molecule has 0 radical (unpaired) electrons. The van der Waals surface area contributed by atoms with Gasteiger partial charge in [0.05, 0.1) is 5.69 Å². The molecule has 0 spiro atoms. The van der Waals surface area contributed by atoms with Crippen LogP contribution in [0.1, 0.15) is 35.1 Å². The van der Waals surface area contributed by atoms with Crippen LogP contribution in [0, 0.1) is 0 Å². The van der Waals surface area contributed by atoms with Crippen LogP contribution in [-0.2, 0) is 4.74 Å². The van der Waals surface area contributed by atoms with Gasteiger partial charge in [0.2, 0.25) is 0 Å². The Balaban J connectivity index is 2.10. The Morgan fingerprint density at radius 3 is 3.06 bits per heavy atom. The lowest BCUT2D eigenvalue weighted by molar-refractivity contribution is 0.0690. The van der Waals surface area contributed by atoms with E-state index in [0.29, 0.717) is 5.65 Å². The monoisotopic (exact) mass is 267 g/mol. The summed E-state index contributed by atoms with van der Waals surface area (Å²) in [4.78, 5) is 14.9. The standard InChI is InChI=1S/C11H10ClN3O3/c12-9-4-7(11(16)17)13-10-5-6(14-15(9)10)8-2-1-3-18-8/h4-5,8H,1-3H2,(H,16,17). The fraction of sp³-hybridized carbons (Fsp3) is 0.364. The Kier molecular flexibility index (Phi) is 2.68. The summed E-state index contributed by atoms with van der Waals surface area (Å²) < 4.78 is 6.94. The predicted octanol–water partition coefficient (Wildman–Crippen LogP) is 1.93. The minimum absolute atomic E-state index is 0.0453. The van der Waals surface area contributed by atoms with Gasteiger partial charge in [0.1, 0.15) is 11.3 Å². The van der Waals surface area contributed by atoms with E-state index in [1.807, 2.05) is 0 Å². The fourth-order valence-electron chi connectivity index (χ4n) is 2.03. The molecule has 18 heavy (non-hydrogen) atoms. The lowest BCUT2D eigenvalue weighted by Gasteiger charge is -2.03. The highest BCUT2D eigenvalue weighted by atomic mass is 35.5. The van der Waals surface area contributed by atoms with Crippen molar-refractivity contribution in [1.82, 2.24) is 14.6 Å². The minimum Gasteiger partial charge on any atom is -0.477 e. The second-order valence-corrected chi connectivity index (χ2v) is 4.50. The molecule has 0 amide bonds. The van der Waals surface area contributed by atoms with E-state index >= 15 is 0 Å². The highest BCUT2D eigenvalue weighted by Gasteiger charge is 2.22. The maximum atomic E-state index is 10.9. The minimum atomic E-state index is -1.11. The smallest absolute Gasteiger partial charge is 0.354 e. The molecule has 3 rings (SSSR count). The lowest BCUT2D eigenvalue weighted by Crippen LogP contribution is -2.03. The topological polar surface area (TPSA) is 76.7 Å². The molecule has 1 saturated heterocycles. The zero-order chi connectivity index (χ0) is 12.7. The molecule has 7 heteroatoms. The molecule has 1 fully saturated rings. The number of hydrogen-bond acceptors (Lipinski definition) is 4. The van der Waals surface area contributed by atoms with Crippen LogP contribution in [0.2, 0.25) is 5.15 Å². The highest BCUT2D eigenvalue weighted by molar-refractivity contribution is 6.30. The van der Waals surface area contributed by atoms with Gasteiger partial charge in [-0.15, -0.1) is 0 Å². The molecular weight excluding hydrogens is 258 g/mol. The van der Waals surface area contributed by atoms with E-state index in [4.69, 9.17) is 21.4 Å². The fourth-order valence-corrected chi connectivity index (χ4v) is 2.26. The molecule has 2 aromatic heterocycles. The number of rotatable bonds is 2. The summed E-state index contributed by atoms with van der Waals surface area (Å²) >= 11 is 5.98. The number of ether oxygens (including phenoxy) is 1. The van der Waals surface area contributed by atoms with Gasteiger partial charge in [-0.1, -0.05) is 11.6 Å². The van der Waals surface area contributed by atoms with Gasteiger partial charge in [-0.2, -0.15) is 5.10 Å². The average Bonchev–Trinajstić information content (AvgIpc) is 2.96. The van der Waals surface area contributed by atoms with Gasteiger partial charge < -0.3 is 9.84 Å². The molecule has 1 atom stereocenters. The summed E-state index contributed by atoms with van der Waals surface area (Å²) in [6, 6.07) is 3.00. The van der Waals surface area contributed by atoms with Gasteiger partial charge in [-0.25, -0.2) is 14.3 Å². The SMILES string of the molecule is O=C(O)c1cc(Cl)n2nc(C3CCCO3)cc2n1. The van der Waals surface area contributed by atoms with Crippen LogP contribution in [0.5, 0.6) is 0 Å². The molecule has 0 bridgehead atoms. The molecule has 3 heterocycles. The van der Waals surface area contributed by atoms with Crippen molar-refractivity contribution in [2.75, 3.05) is 6.61 Å². The van der Waals surface area contributed by atoms with Gasteiger partial charge in [-0.3, -0.25) is 0 Å². The molecule has 94 valence electrons. The van der Waals surface area contributed by atoms with Crippen molar-refractivity contribution >= 4 is 23.2 Å². The number of carboxylic acids is 1. The zero-order valence-corrected chi connectivity index (χ0v) is 10.1. The zero-order valence-electron chi connectivity index (χ0n) is 9.34. The summed E-state index contributed by atoms with van der Waals surface area (Å²) in [5.41, 5.74) is 1.07. The number of fused-ring (bicyclic) bond motifs is 1. The highest BCUT2D eigenvalue weighted by Crippen LogP contribution is 2.28. The number of halogens is 1. The van der Waals surface area contributed by atoms with Gasteiger partial charge in [0.25, 0.3) is 0 Å². The summed E-state index contributed by atoms with van der Waals surface area (Å²) in [5, 5.41) is 13.4. The van der Waals surface area contributed by atoms with E-state index < -0.39 is 5.97 Å². The van der Waals surface area contributed by atoms with Crippen LogP contribution >= 0.6 is 11.6 Å². The number of carboxylic acid groups (broad SMARTS) is 1. The van der Waals surface area contributed by atoms with Crippen molar-refractivity contribution in [2.45, 2.75) is 18.9 Å². The number of nitrogens with zero attached hydrogens (tertiary/aromatic N) is 3. The Bertz CT molecular complexity index is 619. The molecule has 0 saturated carbocycles. The third-order valence-corrected chi connectivity index (χ3v) is 3.15. The molecule has 0 aliphatic carbocycles. The van der Waals surface area contributed by atoms with E-state index in [-0.39, 0.29) is 17.0 Å². The van der Waals surface area contributed by atoms with Gasteiger partial charge in [0.15, 0.2) is 11.3 Å². The average molecular weight is 268 g/mol. The van der Waals surface area contributed by atoms with Crippen molar-refractivity contribution in [2.24, 2.45) is 0 Å². The number of aromatic carboxylic acids is 1. The Labute approximate surface area is 107 Å². The molecule has 2 aromatic rings. The van der Waals surface area contributed by atoms with E-state index in [9.17, 15) is 4.79 Å². The molecule has 1 N–H and O–H groups in total. The summed E-state index contributed by atoms with van der Waals surface area (Å²) in [6.45, 7) is 0.722. The number of carbonyl (C=O) groups is 1. The maximum absolute atomic E-state index is 10.9. The second-order valence-electron chi connectivity index (χ2n) is 4.11. The third kappa shape index (κ3) is 1.83. The quantitative estimate of drug-likeness (QED) is 0.842. The van der Waals surface area contributed by atoms with Crippen LogP contribution in [0.25, 0.3) is 5.65 Å². The molecule has 1 aliphatic heterocycles. The molecule has 6 nitrogen and oxygen atoms in total. The van der Waals surface area contributed by atoms with Crippen molar-refractivity contribution in [3.8, 4) is 0 Å². The Hall–Kier alpha value is -1.66. The van der Waals surface area contributed by atoms with Crippen molar-refractivity contribution < 1.29 is 14.6 Å². The first-order valence-electron chi connectivity index (χ1n) is 5.56. The number of aromatic nitrogens is 3. The first-order valence-corrected chi connectivity index (χ1v) is 5.94. The third-order valence-electron chi connectivity index (χ3n) is 2.88. The van der Waals surface area contributed by atoms with Crippen LogP contribution in [0.3, 0.4) is 0 Å². The Morgan fingerprint density at radius 1 is 1.56 bits per heavy atom. The van der Waals surface area contributed by atoms with Gasteiger partial charge >= 0.3 is 5.97 Å². The Morgan fingerprint density at radius 2 is 2.39 bits per heavy atom. The summed E-state index contributed by atoms with van der Waals surface area (Å²) in [6.07, 6.45) is 1.86. The largest absolute Gasteiger partial charge is 0.477 e. The van der Waals surface area contributed by atoms with Gasteiger partial charge in [0, 0.05) is 18.7 Å². The van der Waals surface area contributed by atoms with Crippen LogP contribution in [-0.4, -0.2) is 32.3 Å². The van der Waals surface area contributed by atoms with Crippen LogP contribution < -0.4 is 0 Å². The van der Waals surface area contributed by atoms with Crippen molar-refractivity contribution in [3.05, 3.63) is 28.7 Å². The first-order chi connectivity index (χ1) is 8.65. The van der Waals surface area contributed by atoms with E-state index in [1.165, 1.54) is 10.6 Å². The number of hydrogen-bond donors (Lipinski definition) is 1. The molecule has 1 aliphatic rings. The predicted molar refractivity (Wildman–Crippen MR) is 62.9 cm³/mol. The molecular formula is C11H10ClN3O3. The maximum Gasteiger partial charge on any atom is 0.354 e. The first kappa shape index (κ1) is 11.4. The van der Waals surface area contributed by atoms with Gasteiger partial charge in [-0.05, 0) is 12.8 Å². The summed E-state index contributed by atoms with van der Waals surface area (Å²) in [7, 11) is 0. The molecule has 1 unspecified atom stereocenters. The molecule has 0 aromatic carbocycles. The van der Waals surface area contributed by atoms with Crippen molar-refractivity contribution in [1.29, 1.82) is 0 Å². The lowest BCUT2D eigenvalue weighted by atomic mass is 10.2. The van der Waals surface area contributed by atoms with Crippen molar-refractivity contribution in [3.63, 3.8) is 0 Å². The normalized spacial score (nSPS) is 19.5. The van der Waals surface area contributed by atoms with Crippen LogP contribution in [0.15, 0.2) is 12.1 Å².